The highest BCUT2D eigenvalue weighted by Gasteiger charge is 2.19. The largest absolute Gasteiger partial charge is 0.506 e. The van der Waals surface area contributed by atoms with E-state index in [4.69, 9.17) is 14.5 Å². The first-order chi connectivity index (χ1) is 15.9. The van der Waals surface area contributed by atoms with Crippen LogP contribution in [-0.2, 0) is 4.74 Å². The van der Waals surface area contributed by atoms with Crippen LogP contribution >= 0.6 is 11.3 Å². The quantitative estimate of drug-likeness (QED) is 0.327. The zero-order valence-corrected chi connectivity index (χ0v) is 19.8. The smallest absolute Gasteiger partial charge is 0.341 e. The van der Waals surface area contributed by atoms with Gasteiger partial charge in [-0.15, -0.1) is 11.3 Å². The van der Waals surface area contributed by atoms with Gasteiger partial charge in [0.25, 0.3) is 0 Å². The fourth-order valence-electron chi connectivity index (χ4n) is 3.69. The Morgan fingerprint density at radius 2 is 1.64 bits per heavy atom. The third-order valence-electron chi connectivity index (χ3n) is 5.51. The van der Waals surface area contributed by atoms with Crippen molar-refractivity contribution in [2.24, 2.45) is 0 Å². The molecule has 0 radical (unpaired) electrons. The number of methoxy groups -OCH3 is 1. The molecule has 1 heterocycles. The Hall–Kier alpha value is -3.64. The number of phenolic OH excluding ortho intramolecular Hbond substituents is 1. The third-order valence-corrected chi connectivity index (χ3v) is 6.40. The first-order valence-corrected chi connectivity index (χ1v) is 11.5. The molecule has 0 atom stereocenters. The number of phenols is 1. The molecule has 0 saturated carbocycles. The summed E-state index contributed by atoms with van der Waals surface area (Å²) in [5, 5.41) is 13.7. The van der Waals surface area contributed by atoms with Gasteiger partial charge in [0.2, 0.25) is 0 Å². The van der Waals surface area contributed by atoms with Crippen molar-refractivity contribution < 1.29 is 19.4 Å². The number of nitrogens with zero attached hydrogens (tertiary/aromatic N) is 1. The van der Waals surface area contributed by atoms with Crippen LogP contribution in [0.25, 0.3) is 33.0 Å². The molecule has 0 aliphatic rings. The molecular formula is C27H25NO4S. The van der Waals surface area contributed by atoms with Crippen molar-refractivity contribution in [1.82, 2.24) is 4.98 Å². The van der Waals surface area contributed by atoms with Crippen molar-refractivity contribution in [3.63, 3.8) is 0 Å². The van der Waals surface area contributed by atoms with E-state index >= 15 is 0 Å². The van der Waals surface area contributed by atoms with E-state index in [2.05, 4.69) is 6.07 Å². The highest BCUT2D eigenvalue weighted by molar-refractivity contribution is 7.13. The van der Waals surface area contributed by atoms with E-state index in [-0.39, 0.29) is 11.3 Å². The molecule has 0 spiro atoms. The van der Waals surface area contributed by atoms with Crippen LogP contribution in [0.2, 0.25) is 0 Å². The number of aryl methyl sites for hydroxylation is 2. The molecule has 4 aromatic rings. The minimum Gasteiger partial charge on any atom is -0.506 e. The Balaban J connectivity index is 1.63. The van der Waals surface area contributed by atoms with Crippen LogP contribution in [-0.4, -0.2) is 29.8 Å². The van der Waals surface area contributed by atoms with Crippen LogP contribution in [0.1, 0.15) is 28.4 Å². The second-order valence-corrected chi connectivity index (χ2v) is 8.53. The van der Waals surface area contributed by atoms with Crippen LogP contribution in [0.4, 0.5) is 0 Å². The monoisotopic (exact) mass is 459 g/mol. The molecule has 5 nitrogen and oxygen atoms in total. The van der Waals surface area contributed by atoms with Crippen LogP contribution in [0.15, 0.2) is 60.0 Å². The Morgan fingerprint density at radius 3 is 2.33 bits per heavy atom. The van der Waals surface area contributed by atoms with E-state index in [0.717, 1.165) is 38.7 Å². The molecule has 4 rings (SSSR count). The van der Waals surface area contributed by atoms with E-state index in [1.54, 1.807) is 30.4 Å². The Kier molecular flexibility index (Phi) is 6.47. The number of carbonyl (C=O) groups is 1. The Bertz CT molecular complexity index is 1310. The van der Waals surface area contributed by atoms with Gasteiger partial charge >= 0.3 is 5.97 Å². The number of esters is 1. The average Bonchev–Trinajstić information content (AvgIpc) is 3.31. The molecule has 0 amide bonds. The maximum Gasteiger partial charge on any atom is 0.341 e. The van der Waals surface area contributed by atoms with Gasteiger partial charge < -0.3 is 14.6 Å². The third kappa shape index (κ3) is 4.47. The first-order valence-electron chi connectivity index (χ1n) is 10.6. The van der Waals surface area contributed by atoms with Crippen LogP contribution < -0.4 is 4.74 Å². The fraction of sp³-hybridized carbons (Fsp3) is 0.185. The van der Waals surface area contributed by atoms with E-state index < -0.39 is 5.97 Å². The van der Waals surface area contributed by atoms with Gasteiger partial charge in [-0.2, -0.15) is 0 Å². The molecule has 3 aromatic carbocycles. The normalized spacial score (nSPS) is 10.8. The second kappa shape index (κ2) is 9.46. The van der Waals surface area contributed by atoms with Gasteiger partial charge in [0, 0.05) is 22.1 Å². The summed E-state index contributed by atoms with van der Waals surface area (Å²) in [4.78, 5) is 16.9. The highest BCUT2D eigenvalue weighted by Crippen LogP contribution is 2.36. The minimum atomic E-state index is -0.554. The summed E-state index contributed by atoms with van der Waals surface area (Å²) in [6.07, 6.45) is 0. The topological polar surface area (TPSA) is 68.7 Å². The predicted octanol–water partition coefficient (Wildman–Crippen LogP) is 6.65. The van der Waals surface area contributed by atoms with Crippen molar-refractivity contribution in [2.75, 3.05) is 13.7 Å². The molecule has 0 aliphatic carbocycles. The van der Waals surface area contributed by atoms with Crippen LogP contribution in [0.5, 0.6) is 11.5 Å². The summed E-state index contributed by atoms with van der Waals surface area (Å²) in [6, 6.07) is 17.5. The molecule has 33 heavy (non-hydrogen) atoms. The maximum atomic E-state index is 12.1. The van der Waals surface area contributed by atoms with Gasteiger partial charge in [-0.1, -0.05) is 48.5 Å². The van der Waals surface area contributed by atoms with E-state index in [1.807, 2.05) is 55.6 Å². The summed E-state index contributed by atoms with van der Waals surface area (Å²) >= 11 is 1.58. The van der Waals surface area contributed by atoms with E-state index in [9.17, 15) is 9.90 Å². The number of carbonyl (C=O) groups excluding carboxylic acids is 1. The lowest BCUT2D eigenvalue weighted by molar-refractivity contribution is 0.0596. The van der Waals surface area contributed by atoms with Crippen molar-refractivity contribution in [1.29, 1.82) is 0 Å². The van der Waals surface area contributed by atoms with Gasteiger partial charge in [-0.3, -0.25) is 0 Å². The number of rotatable bonds is 6. The zero-order valence-electron chi connectivity index (χ0n) is 19.0. The summed E-state index contributed by atoms with van der Waals surface area (Å²) in [6.45, 7) is 6.40. The molecule has 168 valence electrons. The second-order valence-electron chi connectivity index (χ2n) is 7.67. The highest BCUT2D eigenvalue weighted by atomic mass is 32.1. The lowest BCUT2D eigenvalue weighted by Gasteiger charge is -2.12. The number of thiazole rings is 1. The van der Waals surface area contributed by atoms with Gasteiger partial charge in [-0.05, 0) is 43.5 Å². The molecule has 0 bridgehead atoms. The molecule has 0 saturated heterocycles. The summed E-state index contributed by atoms with van der Waals surface area (Å²) in [7, 11) is 1.30. The van der Waals surface area contributed by atoms with Crippen molar-refractivity contribution in [3.05, 3.63) is 76.7 Å². The number of benzene rings is 3. The zero-order chi connectivity index (χ0) is 23.5. The summed E-state index contributed by atoms with van der Waals surface area (Å²) in [5.41, 5.74) is 6.21. The van der Waals surface area contributed by atoms with Crippen LogP contribution in [0.3, 0.4) is 0 Å². The van der Waals surface area contributed by atoms with E-state index in [0.29, 0.717) is 17.7 Å². The van der Waals surface area contributed by atoms with Gasteiger partial charge in [0.15, 0.2) is 0 Å². The van der Waals surface area contributed by atoms with Gasteiger partial charge in [-0.25, -0.2) is 9.78 Å². The van der Waals surface area contributed by atoms with Crippen molar-refractivity contribution in [2.45, 2.75) is 20.8 Å². The number of hydrogen-bond donors (Lipinski definition) is 1. The van der Waals surface area contributed by atoms with Crippen molar-refractivity contribution >= 4 is 17.3 Å². The lowest BCUT2D eigenvalue weighted by Crippen LogP contribution is -2.04. The van der Waals surface area contributed by atoms with Crippen LogP contribution in [0, 0.1) is 13.8 Å². The summed E-state index contributed by atoms with van der Waals surface area (Å²) in [5.74, 6) is 0.248. The summed E-state index contributed by atoms with van der Waals surface area (Å²) < 4.78 is 10.5. The number of aromatic hydroxyl groups is 1. The molecular weight excluding hydrogens is 434 g/mol. The molecule has 0 aliphatic heterocycles. The first kappa shape index (κ1) is 22.6. The number of hydrogen-bond acceptors (Lipinski definition) is 6. The molecule has 0 fully saturated rings. The van der Waals surface area contributed by atoms with E-state index in [1.165, 1.54) is 7.11 Å². The predicted molar refractivity (Wildman–Crippen MR) is 132 cm³/mol. The van der Waals surface area contributed by atoms with Crippen molar-refractivity contribution in [3.8, 4) is 44.5 Å². The fourth-order valence-corrected chi connectivity index (χ4v) is 4.51. The lowest BCUT2D eigenvalue weighted by atomic mass is 9.97. The minimum absolute atomic E-state index is 0.0741. The van der Waals surface area contributed by atoms with Gasteiger partial charge in [0.05, 0.1) is 19.4 Å². The molecule has 0 unspecified atom stereocenters. The number of ether oxygens (including phenoxy) is 2. The molecule has 1 N–H and O–H groups in total. The Labute approximate surface area is 197 Å². The molecule has 1 aromatic heterocycles. The average molecular weight is 460 g/mol. The Morgan fingerprint density at radius 1 is 0.970 bits per heavy atom. The SMILES string of the molecule is CCOc1cc(-c2nc(-c3ccc(-c4ccc(C)c(C(=O)OC)c4O)cc3)cs2)ccc1C. The molecule has 6 heteroatoms. The maximum absolute atomic E-state index is 12.1. The number of aromatic nitrogens is 1. The van der Waals surface area contributed by atoms with Gasteiger partial charge in [0.1, 0.15) is 22.1 Å². The standard InChI is InChI=1S/C27H25NO4S/c1-5-32-23-14-20(8-6-16(23)2)26-28-22(15-33-26)19-11-9-18(10-12-19)21-13-7-17(3)24(25(21)29)27(30)31-4/h6-15,29H,5H2,1-4H3.